The molecule has 1 N–H and O–H groups in total. The van der Waals surface area contributed by atoms with E-state index >= 15 is 0 Å². The molecule has 0 aliphatic rings. The lowest BCUT2D eigenvalue weighted by molar-refractivity contribution is 0.0787. The van der Waals surface area contributed by atoms with E-state index in [4.69, 9.17) is 0 Å². The Morgan fingerprint density at radius 2 is 1.92 bits per heavy atom. The fraction of sp³-hybridized carbons (Fsp3) is 0.333. The van der Waals surface area contributed by atoms with Crippen LogP contribution in [0.3, 0.4) is 0 Å². The van der Waals surface area contributed by atoms with Crippen molar-refractivity contribution < 1.29 is 9.59 Å². The van der Waals surface area contributed by atoms with E-state index in [-0.39, 0.29) is 23.2 Å². The molecule has 0 aliphatic carbocycles. The van der Waals surface area contributed by atoms with E-state index in [9.17, 15) is 9.59 Å². The SMILES string of the molecule is CCCCN(C)C(=O)c1cccc(C(=O)NCc2ccccn2)n1. The molecule has 2 heterocycles. The summed E-state index contributed by atoms with van der Waals surface area (Å²) in [5, 5.41) is 2.76. The molecule has 0 atom stereocenters. The zero-order chi connectivity index (χ0) is 17.4. The van der Waals surface area contributed by atoms with Crippen molar-refractivity contribution in [3.05, 3.63) is 59.7 Å². The van der Waals surface area contributed by atoms with Crippen LogP contribution in [0.2, 0.25) is 0 Å². The van der Waals surface area contributed by atoms with E-state index in [1.807, 2.05) is 18.2 Å². The molecule has 0 fully saturated rings. The fourth-order valence-electron chi connectivity index (χ4n) is 2.14. The van der Waals surface area contributed by atoms with Gasteiger partial charge in [-0.05, 0) is 30.7 Å². The summed E-state index contributed by atoms with van der Waals surface area (Å²) in [6.45, 7) is 3.06. The highest BCUT2D eigenvalue weighted by Crippen LogP contribution is 2.05. The highest BCUT2D eigenvalue weighted by Gasteiger charge is 2.15. The maximum Gasteiger partial charge on any atom is 0.272 e. The van der Waals surface area contributed by atoms with Crippen molar-refractivity contribution in [3.8, 4) is 0 Å². The van der Waals surface area contributed by atoms with Gasteiger partial charge in [0.25, 0.3) is 11.8 Å². The lowest BCUT2D eigenvalue weighted by atomic mass is 10.2. The van der Waals surface area contributed by atoms with Crippen molar-refractivity contribution in [2.24, 2.45) is 0 Å². The van der Waals surface area contributed by atoms with E-state index in [1.165, 1.54) is 0 Å². The van der Waals surface area contributed by atoms with Gasteiger partial charge in [0.05, 0.1) is 12.2 Å². The number of nitrogens with zero attached hydrogens (tertiary/aromatic N) is 3. The molecule has 0 bridgehead atoms. The standard InChI is InChI=1S/C18H22N4O2/c1-3-4-12-22(2)18(24)16-10-7-9-15(21-16)17(23)20-13-14-8-5-6-11-19-14/h5-11H,3-4,12-13H2,1-2H3,(H,20,23). The maximum atomic E-state index is 12.3. The van der Waals surface area contributed by atoms with Gasteiger partial charge in [-0.25, -0.2) is 4.98 Å². The molecule has 0 aromatic carbocycles. The number of unbranched alkanes of at least 4 members (excludes halogenated alkanes) is 1. The van der Waals surface area contributed by atoms with Gasteiger partial charge in [0.15, 0.2) is 0 Å². The van der Waals surface area contributed by atoms with Crippen LogP contribution in [0.15, 0.2) is 42.6 Å². The van der Waals surface area contributed by atoms with Gasteiger partial charge in [0.2, 0.25) is 0 Å². The topological polar surface area (TPSA) is 75.2 Å². The molecule has 6 nitrogen and oxygen atoms in total. The van der Waals surface area contributed by atoms with Gasteiger partial charge in [-0.2, -0.15) is 0 Å². The van der Waals surface area contributed by atoms with Crippen molar-refractivity contribution in [1.82, 2.24) is 20.2 Å². The lowest BCUT2D eigenvalue weighted by Gasteiger charge is -2.16. The number of nitrogens with one attached hydrogen (secondary N) is 1. The summed E-state index contributed by atoms with van der Waals surface area (Å²) in [5.41, 5.74) is 1.26. The predicted octanol–water partition coefficient (Wildman–Crippen LogP) is 2.28. The third kappa shape index (κ3) is 4.87. The largest absolute Gasteiger partial charge is 0.345 e. The highest BCUT2D eigenvalue weighted by molar-refractivity contribution is 5.96. The van der Waals surface area contributed by atoms with Crippen LogP contribution in [0.5, 0.6) is 0 Å². The molecule has 0 spiro atoms. The zero-order valence-corrected chi connectivity index (χ0v) is 14.0. The van der Waals surface area contributed by atoms with Gasteiger partial charge in [0, 0.05) is 19.8 Å². The molecule has 0 saturated heterocycles. The normalized spacial score (nSPS) is 10.2. The van der Waals surface area contributed by atoms with Crippen LogP contribution in [0.25, 0.3) is 0 Å². The molecule has 2 amide bonds. The Balaban J connectivity index is 2.01. The number of hydrogen-bond donors (Lipinski definition) is 1. The molecule has 126 valence electrons. The van der Waals surface area contributed by atoms with Crippen LogP contribution < -0.4 is 5.32 Å². The summed E-state index contributed by atoms with van der Waals surface area (Å²) in [4.78, 5) is 34.5. The summed E-state index contributed by atoms with van der Waals surface area (Å²) in [7, 11) is 1.74. The molecule has 24 heavy (non-hydrogen) atoms. The van der Waals surface area contributed by atoms with Crippen molar-refractivity contribution in [1.29, 1.82) is 0 Å². The number of aromatic nitrogens is 2. The molecule has 2 aromatic rings. The van der Waals surface area contributed by atoms with Crippen molar-refractivity contribution in [3.63, 3.8) is 0 Å². The van der Waals surface area contributed by atoms with E-state index in [1.54, 1.807) is 36.3 Å². The smallest absolute Gasteiger partial charge is 0.272 e. The van der Waals surface area contributed by atoms with E-state index in [0.717, 1.165) is 18.5 Å². The van der Waals surface area contributed by atoms with Crippen LogP contribution in [0.4, 0.5) is 0 Å². The lowest BCUT2D eigenvalue weighted by Crippen LogP contribution is -2.30. The average Bonchev–Trinajstić information content (AvgIpc) is 2.64. The summed E-state index contributed by atoms with van der Waals surface area (Å²) >= 11 is 0. The molecule has 0 aliphatic heterocycles. The molecule has 0 saturated carbocycles. The molecular weight excluding hydrogens is 304 g/mol. The second kappa shape index (κ2) is 8.76. The summed E-state index contributed by atoms with van der Waals surface area (Å²) in [6, 6.07) is 10.4. The van der Waals surface area contributed by atoms with Gasteiger partial charge >= 0.3 is 0 Å². The number of hydrogen-bond acceptors (Lipinski definition) is 4. The highest BCUT2D eigenvalue weighted by atomic mass is 16.2. The Bertz CT molecular complexity index is 688. The quantitative estimate of drug-likeness (QED) is 0.847. The summed E-state index contributed by atoms with van der Waals surface area (Å²) in [5.74, 6) is -0.505. The first-order valence-corrected chi connectivity index (χ1v) is 8.02. The van der Waals surface area contributed by atoms with Crippen LogP contribution in [-0.2, 0) is 6.54 Å². The van der Waals surface area contributed by atoms with Crippen LogP contribution in [0.1, 0.15) is 46.4 Å². The summed E-state index contributed by atoms with van der Waals surface area (Å²) in [6.07, 6.45) is 3.62. The Kier molecular flexibility index (Phi) is 6.42. The molecule has 0 radical (unpaired) electrons. The number of carbonyl (C=O) groups is 2. The Labute approximate surface area is 141 Å². The van der Waals surface area contributed by atoms with Crippen LogP contribution in [-0.4, -0.2) is 40.3 Å². The fourth-order valence-corrected chi connectivity index (χ4v) is 2.14. The van der Waals surface area contributed by atoms with Crippen LogP contribution >= 0.6 is 0 Å². The van der Waals surface area contributed by atoms with Crippen LogP contribution in [0, 0.1) is 0 Å². The van der Waals surface area contributed by atoms with Gasteiger partial charge < -0.3 is 10.2 Å². The Hall–Kier alpha value is -2.76. The number of rotatable bonds is 7. The third-order valence-corrected chi connectivity index (χ3v) is 3.55. The molecule has 2 rings (SSSR count). The number of pyridine rings is 2. The van der Waals surface area contributed by atoms with E-state index in [2.05, 4.69) is 22.2 Å². The van der Waals surface area contributed by atoms with Crippen molar-refractivity contribution >= 4 is 11.8 Å². The Morgan fingerprint density at radius 3 is 2.62 bits per heavy atom. The minimum atomic E-state index is -0.327. The molecule has 2 aromatic heterocycles. The minimum absolute atomic E-state index is 0.178. The third-order valence-electron chi connectivity index (χ3n) is 3.55. The first kappa shape index (κ1) is 17.6. The Morgan fingerprint density at radius 1 is 1.12 bits per heavy atom. The van der Waals surface area contributed by atoms with E-state index < -0.39 is 0 Å². The second-order valence-corrected chi connectivity index (χ2v) is 5.49. The zero-order valence-electron chi connectivity index (χ0n) is 14.0. The molecule has 6 heteroatoms. The van der Waals surface area contributed by atoms with Gasteiger partial charge in [0.1, 0.15) is 11.4 Å². The average molecular weight is 326 g/mol. The van der Waals surface area contributed by atoms with Gasteiger partial charge in [-0.15, -0.1) is 0 Å². The first-order valence-electron chi connectivity index (χ1n) is 8.02. The van der Waals surface area contributed by atoms with Crippen molar-refractivity contribution in [2.75, 3.05) is 13.6 Å². The van der Waals surface area contributed by atoms with Gasteiger partial charge in [-0.1, -0.05) is 25.5 Å². The number of amides is 2. The molecule has 0 unspecified atom stereocenters. The first-order chi connectivity index (χ1) is 11.6. The summed E-state index contributed by atoms with van der Waals surface area (Å²) < 4.78 is 0. The minimum Gasteiger partial charge on any atom is -0.345 e. The van der Waals surface area contributed by atoms with Gasteiger partial charge in [-0.3, -0.25) is 14.6 Å². The van der Waals surface area contributed by atoms with E-state index in [0.29, 0.717) is 13.1 Å². The monoisotopic (exact) mass is 326 g/mol. The maximum absolute atomic E-state index is 12.3. The number of carbonyl (C=O) groups excluding carboxylic acids is 2. The predicted molar refractivity (Wildman–Crippen MR) is 91.5 cm³/mol. The second-order valence-electron chi connectivity index (χ2n) is 5.49. The van der Waals surface area contributed by atoms with Crippen molar-refractivity contribution in [2.45, 2.75) is 26.3 Å². The molecular formula is C18H22N4O2.